The monoisotopic (exact) mass is 254 g/mol. The van der Waals surface area contributed by atoms with E-state index in [1.165, 1.54) is 5.56 Å². The molecule has 1 aromatic carbocycles. The number of hydrogen-bond acceptors (Lipinski definition) is 1. The maximum atomic E-state index is 9.64. The minimum absolute atomic E-state index is 0.255. The van der Waals surface area contributed by atoms with E-state index in [2.05, 4.69) is 22.5 Å². The number of aliphatic hydroxyl groups excluding tert-OH is 1. The topological polar surface area (TPSA) is 20.2 Å². The number of aliphatic hydroxyl groups is 1. The van der Waals surface area contributed by atoms with Crippen LogP contribution in [-0.4, -0.2) is 11.2 Å². The number of allylic oxidation sites excluding steroid dienone is 1. The molecule has 0 aliphatic carbocycles. The first-order valence-corrected chi connectivity index (χ1v) is 5.55. The smallest absolute Gasteiger partial charge is 0.0583 e. The van der Waals surface area contributed by atoms with Crippen LogP contribution in [0.4, 0.5) is 0 Å². The molecule has 0 saturated carbocycles. The molecule has 2 heteroatoms. The molecule has 0 bridgehead atoms. The lowest BCUT2D eigenvalue weighted by Gasteiger charge is -2.08. The van der Waals surface area contributed by atoms with Crippen molar-refractivity contribution in [3.05, 3.63) is 47.0 Å². The maximum absolute atomic E-state index is 9.64. The van der Waals surface area contributed by atoms with E-state index in [-0.39, 0.29) is 6.10 Å². The summed E-state index contributed by atoms with van der Waals surface area (Å²) in [7, 11) is 0. The quantitative estimate of drug-likeness (QED) is 0.800. The molecule has 1 unspecified atom stereocenters. The highest BCUT2D eigenvalue weighted by molar-refractivity contribution is 9.10. The molecule has 0 heterocycles. The molecule has 0 amide bonds. The second kappa shape index (κ2) is 5.99. The summed E-state index contributed by atoms with van der Waals surface area (Å²) in [6.45, 7) is 3.63. The molecule has 0 aliphatic heterocycles. The predicted octanol–water partition coefficient (Wildman–Crippen LogP) is 3.32. The van der Waals surface area contributed by atoms with Gasteiger partial charge in [0.2, 0.25) is 0 Å². The molecular weight excluding hydrogens is 240 g/mol. The van der Waals surface area contributed by atoms with E-state index in [4.69, 9.17) is 0 Å². The summed E-state index contributed by atoms with van der Waals surface area (Å²) in [5, 5.41) is 9.64. The van der Waals surface area contributed by atoms with E-state index in [0.29, 0.717) is 0 Å². The van der Waals surface area contributed by atoms with Gasteiger partial charge in [-0.1, -0.05) is 34.1 Å². The van der Waals surface area contributed by atoms with Gasteiger partial charge in [0.25, 0.3) is 0 Å². The second-order valence-corrected chi connectivity index (χ2v) is 4.27. The maximum Gasteiger partial charge on any atom is 0.0583 e. The Morgan fingerprint density at radius 3 is 2.57 bits per heavy atom. The summed E-state index contributed by atoms with van der Waals surface area (Å²) in [6, 6.07) is 8.05. The summed E-state index contributed by atoms with van der Waals surface area (Å²) in [4.78, 5) is 0. The zero-order valence-corrected chi connectivity index (χ0v) is 9.70. The molecule has 1 aromatic rings. The zero-order valence-electron chi connectivity index (χ0n) is 8.12. The third-order valence-corrected chi connectivity index (χ3v) is 2.62. The molecule has 1 atom stereocenters. The van der Waals surface area contributed by atoms with E-state index < -0.39 is 0 Å². The lowest BCUT2D eigenvalue weighted by atomic mass is 10.0. The van der Waals surface area contributed by atoms with Gasteiger partial charge in [-0.3, -0.25) is 0 Å². The number of benzene rings is 1. The van der Waals surface area contributed by atoms with Crippen LogP contribution < -0.4 is 0 Å². The second-order valence-electron chi connectivity index (χ2n) is 3.35. The molecule has 1 nitrogen and oxygen atoms in total. The van der Waals surface area contributed by atoms with Gasteiger partial charge in [0.05, 0.1) is 6.10 Å². The SMILES string of the molecule is C=CCCC(O)Cc1ccc(Br)cc1. The van der Waals surface area contributed by atoms with Crippen LogP contribution in [0, 0.1) is 0 Å². The number of hydrogen-bond donors (Lipinski definition) is 1. The standard InChI is InChI=1S/C12H15BrO/c1-2-3-4-12(14)9-10-5-7-11(13)8-6-10/h2,5-8,12,14H,1,3-4,9H2. The Morgan fingerprint density at radius 1 is 1.36 bits per heavy atom. The highest BCUT2D eigenvalue weighted by atomic mass is 79.9. The van der Waals surface area contributed by atoms with Crippen molar-refractivity contribution in [2.75, 3.05) is 0 Å². The van der Waals surface area contributed by atoms with Crippen molar-refractivity contribution in [3.63, 3.8) is 0 Å². The largest absolute Gasteiger partial charge is 0.393 e. The van der Waals surface area contributed by atoms with Crippen LogP contribution in [0.1, 0.15) is 18.4 Å². The molecule has 0 aromatic heterocycles. The lowest BCUT2D eigenvalue weighted by Crippen LogP contribution is -2.09. The van der Waals surface area contributed by atoms with Crippen molar-refractivity contribution < 1.29 is 5.11 Å². The number of halogens is 1. The zero-order chi connectivity index (χ0) is 10.4. The fourth-order valence-electron chi connectivity index (χ4n) is 1.30. The Kier molecular flexibility index (Phi) is 4.91. The van der Waals surface area contributed by atoms with Crippen LogP contribution in [0.3, 0.4) is 0 Å². The van der Waals surface area contributed by atoms with Crippen LogP contribution in [0.25, 0.3) is 0 Å². The van der Waals surface area contributed by atoms with Crippen LogP contribution in [-0.2, 0) is 6.42 Å². The van der Waals surface area contributed by atoms with Crippen molar-refractivity contribution in [1.82, 2.24) is 0 Å². The van der Waals surface area contributed by atoms with E-state index in [0.717, 1.165) is 23.7 Å². The first kappa shape index (κ1) is 11.5. The van der Waals surface area contributed by atoms with Gasteiger partial charge in [0, 0.05) is 4.47 Å². The van der Waals surface area contributed by atoms with Crippen molar-refractivity contribution in [1.29, 1.82) is 0 Å². The fourth-order valence-corrected chi connectivity index (χ4v) is 1.57. The van der Waals surface area contributed by atoms with E-state index in [9.17, 15) is 5.11 Å². The molecule has 0 spiro atoms. The van der Waals surface area contributed by atoms with Gasteiger partial charge >= 0.3 is 0 Å². The normalized spacial score (nSPS) is 12.4. The van der Waals surface area contributed by atoms with Crippen LogP contribution in [0.15, 0.2) is 41.4 Å². The van der Waals surface area contributed by atoms with Crippen molar-refractivity contribution in [2.24, 2.45) is 0 Å². The van der Waals surface area contributed by atoms with E-state index in [1.807, 2.05) is 30.3 Å². The third-order valence-electron chi connectivity index (χ3n) is 2.09. The average Bonchev–Trinajstić information content (AvgIpc) is 2.18. The fraction of sp³-hybridized carbons (Fsp3) is 0.333. The highest BCUT2D eigenvalue weighted by Crippen LogP contribution is 2.13. The number of rotatable bonds is 5. The molecular formula is C12H15BrO. The Balaban J connectivity index is 2.43. The highest BCUT2D eigenvalue weighted by Gasteiger charge is 2.03. The molecule has 14 heavy (non-hydrogen) atoms. The molecule has 0 aliphatic rings. The molecule has 76 valence electrons. The van der Waals surface area contributed by atoms with Gasteiger partial charge in [0.15, 0.2) is 0 Å². The predicted molar refractivity (Wildman–Crippen MR) is 63.3 cm³/mol. The summed E-state index contributed by atoms with van der Waals surface area (Å²) < 4.78 is 1.07. The molecule has 1 rings (SSSR count). The van der Waals surface area contributed by atoms with Crippen molar-refractivity contribution in [3.8, 4) is 0 Å². The molecule has 1 N–H and O–H groups in total. The molecule has 0 fully saturated rings. The summed E-state index contributed by atoms with van der Waals surface area (Å²) in [6.07, 6.45) is 3.97. The summed E-state index contributed by atoms with van der Waals surface area (Å²) in [5.41, 5.74) is 1.17. The van der Waals surface area contributed by atoms with Crippen LogP contribution >= 0.6 is 15.9 Å². The van der Waals surface area contributed by atoms with Crippen LogP contribution in [0.2, 0.25) is 0 Å². The minimum atomic E-state index is -0.255. The minimum Gasteiger partial charge on any atom is -0.393 e. The van der Waals surface area contributed by atoms with Gasteiger partial charge in [-0.2, -0.15) is 0 Å². The first-order valence-electron chi connectivity index (χ1n) is 4.76. The van der Waals surface area contributed by atoms with Gasteiger partial charge in [-0.15, -0.1) is 6.58 Å². The van der Waals surface area contributed by atoms with Gasteiger partial charge in [-0.05, 0) is 37.0 Å². The molecule has 0 radical (unpaired) electrons. The van der Waals surface area contributed by atoms with Crippen molar-refractivity contribution >= 4 is 15.9 Å². The Labute approximate surface area is 93.6 Å². The lowest BCUT2D eigenvalue weighted by molar-refractivity contribution is 0.166. The van der Waals surface area contributed by atoms with E-state index in [1.54, 1.807) is 0 Å². The third kappa shape index (κ3) is 4.07. The average molecular weight is 255 g/mol. The Hall–Kier alpha value is -0.600. The van der Waals surface area contributed by atoms with Gasteiger partial charge in [-0.25, -0.2) is 0 Å². The van der Waals surface area contributed by atoms with E-state index >= 15 is 0 Å². The van der Waals surface area contributed by atoms with Gasteiger partial charge < -0.3 is 5.11 Å². The van der Waals surface area contributed by atoms with Crippen molar-refractivity contribution in [2.45, 2.75) is 25.4 Å². The first-order chi connectivity index (χ1) is 6.72. The Morgan fingerprint density at radius 2 is 2.00 bits per heavy atom. The van der Waals surface area contributed by atoms with Crippen LogP contribution in [0.5, 0.6) is 0 Å². The Bertz CT molecular complexity index is 279. The summed E-state index contributed by atoms with van der Waals surface area (Å²) >= 11 is 3.38. The summed E-state index contributed by atoms with van der Waals surface area (Å²) in [5.74, 6) is 0. The van der Waals surface area contributed by atoms with Gasteiger partial charge in [0.1, 0.15) is 0 Å². The molecule has 0 saturated heterocycles.